The summed E-state index contributed by atoms with van der Waals surface area (Å²) in [5, 5.41) is 8.88. The fourth-order valence-corrected chi connectivity index (χ4v) is 3.20. The number of para-hydroxylation sites is 1. The molecule has 1 saturated heterocycles. The summed E-state index contributed by atoms with van der Waals surface area (Å²) in [6, 6.07) is 23.1. The fraction of sp³-hybridized carbons (Fsp3) is 0.238. The largest absolute Gasteiger partial charge is 0.368 e. The molecule has 4 nitrogen and oxygen atoms in total. The van der Waals surface area contributed by atoms with E-state index in [1.54, 1.807) is 0 Å². The number of nitrogens with zero attached hydrogens (tertiary/aromatic N) is 4. The molecule has 1 aromatic heterocycles. The van der Waals surface area contributed by atoms with Crippen LogP contribution in [0, 0.1) is 6.92 Å². The van der Waals surface area contributed by atoms with Gasteiger partial charge < -0.3 is 9.80 Å². The lowest BCUT2D eigenvalue weighted by molar-refractivity contribution is 0.644. The van der Waals surface area contributed by atoms with E-state index in [4.69, 9.17) is 0 Å². The summed E-state index contributed by atoms with van der Waals surface area (Å²) in [5.41, 5.74) is 4.58. The molecule has 1 aliphatic heterocycles. The van der Waals surface area contributed by atoms with Crippen molar-refractivity contribution < 1.29 is 0 Å². The molecule has 4 heteroatoms. The Morgan fingerprint density at radius 1 is 0.680 bits per heavy atom. The average molecular weight is 330 g/mol. The van der Waals surface area contributed by atoms with E-state index in [2.05, 4.69) is 93.7 Å². The Bertz CT molecular complexity index is 805. The van der Waals surface area contributed by atoms with Gasteiger partial charge in [0, 0.05) is 37.4 Å². The van der Waals surface area contributed by atoms with Crippen molar-refractivity contribution in [2.75, 3.05) is 36.0 Å². The van der Waals surface area contributed by atoms with Crippen LogP contribution in [0.1, 0.15) is 5.56 Å². The van der Waals surface area contributed by atoms with Gasteiger partial charge in [0.2, 0.25) is 0 Å². The van der Waals surface area contributed by atoms with Crippen LogP contribution in [0.4, 0.5) is 11.5 Å². The van der Waals surface area contributed by atoms with E-state index in [9.17, 15) is 0 Å². The summed E-state index contributed by atoms with van der Waals surface area (Å²) in [6.45, 7) is 6.03. The molecule has 2 aromatic carbocycles. The first-order chi connectivity index (χ1) is 12.3. The maximum Gasteiger partial charge on any atom is 0.151 e. The Kier molecular flexibility index (Phi) is 4.34. The van der Waals surface area contributed by atoms with Gasteiger partial charge in [-0.1, -0.05) is 48.0 Å². The van der Waals surface area contributed by atoms with Gasteiger partial charge in [-0.25, -0.2) is 0 Å². The van der Waals surface area contributed by atoms with Crippen LogP contribution in [-0.2, 0) is 0 Å². The zero-order valence-corrected chi connectivity index (χ0v) is 14.5. The van der Waals surface area contributed by atoms with Crippen LogP contribution in [0.15, 0.2) is 66.7 Å². The Balaban J connectivity index is 1.42. The van der Waals surface area contributed by atoms with Crippen molar-refractivity contribution in [1.82, 2.24) is 10.2 Å². The number of piperazine rings is 1. The fourth-order valence-electron chi connectivity index (χ4n) is 3.20. The predicted octanol–water partition coefficient (Wildman–Crippen LogP) is 3.78. The SMILES string of the molecule is Cc1ccc(-c2ccc(N3CCN(c4ccccc4)CC3)nn2)cc1. The molecule has 0 bridgehead atoms. The maximum atomic E-state index is 4.46. The number of rotatable bonds is 3. The first kappa shape index (κ1) is 15.6. The molecule has 126 valence electrons. The zero-order chi connectivity index (χ0) is 17.1. The van der Waals surface area contributed by atoms with E-state index in [0.29, 0.717) is 0 Å². The van der Waals surface area contributed by atoms with Crippen LogP contribution < -0.4 is 9.80 Å². The lowest BCUT2D eigenvalue weighted by Crippen LogP contribution is -2.46. The third kappa shape index (κ3) is 3.48. The zero-order valence-electron chi connectivity index (χ0n) is 14.5. The van der Waals surface area contributed by atoms with Gasteiger partial charge in [0.1, 0.15) is 0 Å². The van der Waals surface area contributed by atoms with E-state index in [1.165, 1.54) is 11.3 Å². The van der Waals surface area contributed by atoms with Crippen LogP contribution in [0.25, 0.3) is 11.3 Å². The van der Waals surface area contributed by atoms with Crippen molar-refractivity contribution in [3.63, 3.8) is 0 Å². The van der Waals surface area contributed by atoms with E-state index in [1.807, 2.05) is 0 Å². The molecule has 0 radical (unpaired) electrons. The van der Waals surface area contributed by atoms with Crippen molar-refractivity contribution in [2.24, 2.45) is 0 Å². The highest BCUT2D eigenvalue weighted by molar-refractivity contribution is 5.60. The molecule has 0 amide bonds. The van der Waals surface area contributed by atoms with Crippen molar-refractivity contribution >= 4 is 11.5 Å². The highest BCUT2D eigenvalue weighted by Gasteiger charge is 2.18. The minimum Gasteiger partial charge on any atom is -0.368 e. The third-order valence-corrected chi connectivity index (χ3v) is 4.72. The van der Waals surface area contributed by atoms with Crippen molar-refractivity contribution in [1.29, 1.82) is 0 Å². The van der Waals surface area contributed by atoms with Gasteiger partial charge in [-0.2, -0.15) is 0 Å². The Morgan fingerprint density at radius 2 is 1.36 bits per heavy atom. The van der Waals surface area contributed by atoms with E-state index < -0.39 is 0 Å². The van der Waals surface area contributed by atoms with Gasteiger partial charge in [0.25, 0.3) is 0 Å². The summed E-state index contributed by atoms with van der Waals surface area (Å²) >= 11 is 0. The molecule has 25 heavy (non-hydrogen) atoms. The highest BCUT2D eigenvalue weighted by Crippen LogP contribution is 2.21. The molecular weight excluding hydrogens is 308 g/mol. The smallest absolute Gasteiger partial charge is 0.151 e. The van der Waals surface area contributed by atoms with Gasteiger partial charge >= 0.3 is 0 Å². The number of aromatic nitrogens is 2. The highest BCUT2D eigenvalue weighted by atomic mass is 15.3. The molecule has 3 aromatic rings. The van der Waals surface area contributed by atoms with Crippen molar-refractivity contribution in [2.45, 2.75) is 6.92 Å². The average Bonchev–Trinajstić information content (AvgIpc) is 2.70. The summed E-state index contributed by atoms with van der Waals surface area (Å²) in [7, 11) is 0. The second-order valence-electron chi connectivity index (χ2n) is 6.45. The van der Waals surface area contributed by atoms with Crippen LogP contribution in [0.2, 0.25) is 0 Å². The van der Waals surface area contributed by atoms with Gasteiger partial charge in [-0.15, -0.1) is 10.2 Å². The quantitative estimate of drug-likeness (QED) is 0.731. The third-order valence-electron chi connectivity index (χ3n) is 4.72. The van der Waals surface area contributed by atoms with Gasteiger partial charge in [-0.3, -0.25) is 0 Å². The first-order valence-corrected chi connectivity index (χ1v) is 8.75. The van der Waals surface area contributed by atoms with Crippen molar-refractivity contribution in [3.05, 3.63) is 72.3 Å². The molecule has 0 N–H and O–H groups in total. The van der Waals surface area contributed by atoms with Crippen LogP contribution in [-0.4, -0.2) is 36.4 Å². The first-order valence-electron chi connectivity index (χ1n) is 8.75. The maximum absolute atomic E-state index is 4.46. The monoisotopic (exact) mass is 330 g/mol. The number of benzene rings is 2. The molecule has 4 rings (SSSR count). The number of anilines is 2. The lowest BCUT2D eigenvalue weighted by Gasteiger charge is -2.36. The molecule has 1 fully saturated rings. The minimum absolute atomic E-state index is 0.923. The van der Waals surface area contributed by atoms with E-state index in [0.717, 1.165) is 43.3 Å². The predicted molar refractivity (Wildman–Crippen MR) is 103 cm³/mol. The molecule has 0 spiro atoms. The van der Waals surface area contributed by atoms with E-state index >= 15 is 0 Å². The number of hydrogen-bond acceptors (Lipinski definition) is 4. The Hall–Kier alpha value is -2.88. The lowest BCUT2D eigenvalue weighted by atomic mass is 10.1. The summed E-state index contributed by atoms with van der Waals surface area (Å²) in [6.07, 6.45) is 0. The molecule has 0 saturated carbocycles. The molecule has 1 aliphatic rings. The number of hydrogen-bond donors (Lipinski definition) is 0. The van der Waals surface area contributed by atoms with Gasteiger partial charge in [-0.05, 0) is 31.2 Å². The molecule has 0 aliphatic carbocycles. The Labute approximate surface area is 148 Å². The molecule has 0 atom stereocenters. The van der Waals surface area contributed by atoms with Crippen molar-refractivity contribution in [3.8, 4) is 11.3 Å². The van der Waals surface area contributed by atoms with Gasteiger partial charge in [0.15, 0.2) is 5.82 Å². The topological polar surface area (TPSA) is 32.3 Å². The molecule has 2 heterocycles. The van der Waals surface area contributed by atoms with Crippen LogP contribution in [0.3, 0.4) is 0 Å². The second kappa shape index (κ2) is 6.93. The minimum atomic E-state index is 0.923. The molecular formula is C21H22N4. The Morgan fingerprint density at radius 3 is 2.00 bits per heavy atom. The van der Waals surface area contributed by atoms with E-state index in [-0.39, 0.29) is 0 Å². The summed E-state index contributed by atoms with van der Waals surface area (Å²) < 4.78 is 0. The van der Waals surface area contributed by atoms with Gasteiger partial charge in [0.05, 0.1) is 5.69 Å². The summed E-state index contributed by atoms with van der Waals surface area (Å²) in [4.78, 5) is 4.73. The standard InChI is InChI=1S/C21H22N4/c1-17-7-9-18(10-8-17)20-11-12-21(23-22-20)25-15-13-24(14-16-25)19-5-3-2-4-6-19/h2-12H,13-16H2,1H3. The summed E-state index contributed by atoms with van der Waals surface area (Å²) in [5.74, 6) is 0.962. The molecule has 0 unspecified atom stereocenters. The van der Waals surface area contributed by atoms with Crippen LogP contribution >= 0.6 is 0 Å². The normalized spacial score (nSPS) is 14.6. The number of aryl methyl sites for hydroxylation is 1. The van der Waals surface area contributed by atoms with Crippen LogP contribution in [0.5, 0.6) is 0 Å². The second-order valence-corrected chi connectivity index (χ2v) is 6.45.